The van der Waals surface area contributed by atoms with E-state index in [4.69, 9.17) is 0 Å². The Morgan fingerprint density at radius 3 is 2.42 bits per heavy atom. The summed E-state index contributed by atoms with van der Waals surface area (Å²) in [6.45, 7) is 8.24. The largest absolute Gasteiger partial charge is 0.290 e. The molecule has 4 heteroatoms. The summed E-state index contributed by atoms with van der Waals surface area (Å²) in [6, 6.07) is 0. The molecule has 0 fully saturated rings. The molecule has 1 aliphatic carbocycles. The van der Waals surface area contributed by atoms with Gasteiger partial charge in [0, 0.05) is 11.1 Å². The molecule has 0 aromatic carbocycles. The van der Waals surface area contributed by atoms with Crippen LogP contribution in [0, 0.1) is 4.91 Å². The molecule has 1 rings (SSSR count). The Kier molecular flexibility index (Phi) is 9.71. The summed E-state index contributed by atoms with van der Waals surface area (Å²) in [5.41, 5.74) is 2.86. The van der Waals surface area contributed by atoms with Crippen LogP contribution in [0.4, 0.5) is 0 Å². The van der Waals surface area contributed by atoms with Gasteiger partial charge >= 0.3 is 0 Å². The molecule has 26 heavy (non-hydrogen) atoms. The van der Waals surface area contributed by atoms with Gasteiger partial charge in [0.2, 0.25) is 5.78 Å². The molecule has 1 aliphatic rings. The number of hydrogen-bond donors (Lipinski definition) is 0. The first-order valence-corrected chi connectivity index (χ1v) is 9.55. The first-order chi connectivity index (χ1) is 12.4. The molecule has 0 saturated carbocycles. The lowest BCUT2D eigenvalue weighted by Crippen LogP contribution is -2.18. The Hall–Kier alpha value is -2.10. The van der Waals surface area contributed by atoms with Crippen LogP contribution >= 0.6 is 0 Å². The maximum Gasteiger partial charge on any atom is 0.211 e. The molecule has 0 heterocycles. The fraction of sp³-hybridized carbons (Fsp3) is 0.545. The first-order valence-electron chi connectivity index (χ1n) is 9.55. The number of hydrogen-bond acceptors (Lipinski definition) is 4. The molecule has 0 N–H and O–H groups in total. The maximum atomic E-state index is 12.5. The van der Waals surface area contributed by atoms with Crippen molar-refractivity contribution < 1.29 is 9.59 Å². The van der Waals surface area contributed by atoms with Crippen molar-refractivity contribution >= 4 is 11.6 Å². The van der Waals surface area contributed by atoms with Crippen molar-refractivity contribution in [2.45, 2.75) is 79.1 Å². The highest BCUT2D eigenvalue weighted by molar-refractivity contribution is 6.22. The summed E-state index contributed by atoms with van der Waals surface area (Å²) in [6.07, 6.45) is 12.2. The van der Waals surface area contributed by atoms with Crippen LogP contribution in [-0.2, 0) is 9.59 Å². The van der Waals surface area contributed by atoms with Gasteiger partial charge in [-0.05, 0) is 64.1 Å². The van der Waals surface area contributed by atoms with Gasteiger partial charge in [-0.3, -0.25) is 9.59 Å². The lowest BCUT2D eigenvalue weighted by molar-refractivity contribution is -0.116. The van der Waals surface area contributed by atoms with Gasteiger partial charge in [-0.25, -0.2) is 0 Å². The summed E-state index contributed by atoms with van der Waals surface area (Å²) in [7, 11) is 0. The highest BCUT2D eigenvalue weighted by Gasteiger charge is 2.28. The van der Waals surface area contributed by atoms with Gasteiger partial charge in [0.25, 0.3) is 0 Å². The Labute approximate surface area is 157 Å². The van der Waals surface area contributed by atoms with Gasteiger partial charge < -0.3 is 0 Å². The fourth-order valence-electron chi connectivity index (χ4n) is 2.91. The number of allylic oxidation sites excluding steroid dienone is 7. The SMILES string of the molecule is CCCCCCC1=CC(=O)C(C/C=C(\C)CCC=C(C)C)=C(N=O)C1=O. The van der Waals surface area contributed by atoms with Crippen LogP contribution < -0.4 is 0 Å². The van der Waals surface area contributed by atoms with E-state index < -0.39 is 0 Å². The monoisotopic (exact) mass is 357 g/mol. The zero-order chi connectivity index (χ0) is 19.5. The van der Waals surface area contributed by atoms with Crippen LogP contribution in [0.1, 0.15) is 79.1 Å². The number of unbranched alkanes of at least 4 members (excludes halogenated alkanes) is 3. The van der Waals surface area contributed by atoms with E-state index in [2.05, 4.69) is 32.0 Å². The lowest BCUT2D eigenvalue weighted by atomic mass is 9.89. The predicted octanol–water partition coefficient (Wildman–Crippen LogP) is 6.14. The molecule has 0 amide bonds. The molecule has 0 aromatic rings. The topological polar surface area (TPSA) is 63.6 Å². The second-order valence-corrected chi connectivity index (χ2v) is 7.17. The van der Waals surface area contributed by atoms with E-state index in [1.807, 2.05) is 13.0 Å². The van der Waals surface area contributed by atoms with Gasteiger partial charge in [-0.2, -0.15) is 0 Å². The van der Waals surface area contributed by atoms with Crippen LogP contribution in [0.3, 0.4) is 0 Å². The molecule has 0 aliphatic heterocycles. The Bertz CT molecular complexity index is 659. The number of carbonyl (C=O) groups excluding carboxylic acids is 2. The molecule has 4 nitrogen and oxygen atoms in total. The van der Waals surface area contributed by atoms with Crippen LogP contribution in [-0.4, -0.2) is 11.6 Å². The molecule has 0 saturated heterocycles. The van der Waals surface area contributed by atoms with E-state index in [1.165, 1.54) is 11.6 Å². The molecular weight excluding hydrogens is 326 g/mol. The summed E-state index contributed by atoms with van der Waals surface area (Å²) in [5, 5.41) is 2.90. The fourth-order valence-corrected chi connectivity index (χ4v) is 2.91. The molecule has 0 aromatic heterocycles. The molecule has 0 bridgehead atoms. The minimum atomic E-state index is -0.373. The minimum Gasteiger partial charge on any atom is -0.290 e. The molecule has 0 unspecified atom stereocenters. The van der Waals surface area contributed by atoms with Gasteiger partial charge in [0.05, 0.1) is 0 Å². The van der Waals surface area contributed by atoms with Gasteiger partial charge in [0.1, 0.15) is 0 Å². The average molecular weight is 357 g/mol. The average Bonchev–Trinajstić information content (AvgIpc) is 2.59. The van der Waals surface area contributed by atoms with E-state index in [0.717, 1.165) is 44.1 Å². The van der Waals surface area contributed by atoms with E-state index in [1.54, 1.807) is 0 Å². The number of ketones is 2. The van der Waals surface area contributed by atoms with E-state index in [-0.39, 0.29) is 29.3 Å². The van der Waals surface area contributed by atoms with Gasteiger partial charge in [-0.1, -0.05) is 49.5 Å². The first kappa shape index (κ1) is 21.9. The van der Waals surface area contributed by atoms with E-state index in [0.29, 0.717) is 12.0 Å². The maximum absolute atomic E-state index is 12.5. The Morgan fingerprint density at radius 2 is 1.81 bits per heavy atom. The van der Waals surface area contributed by atoms with Crippen molar-refractivity contribution in [1.82, 2.24) is 0 Å². The highest BCUT2D eigenvalue weighted by atomic mass is 16.3. The van der Waals surface area contributed by atoms with Crippen LogP contribution in [0.25, 0.3) is 0 Å². The zero-order valence-corrected chi connectivity index (χ0v) is 16.6. The van der Waals surface area contributed by atoms with Crippen LogP contribution in [0.2, 0.25) is 0 Å². The Morgan fingerprint density at radius 1 is 1.08 bits per heavy atom. The van der Waals surface area contributed by atoms with Crippen molar-refractivity contribution in [2.75, 3.05) is 0 Å². The molecular formula is C22H31NO3. The quantitative estimate of drug-likeness (QED) is 0.193. The summed E-state index contributed by atoms with van der Waals surface area (Å²) in [4.78, 5) is 36.1. The third kappa shape index (κ3) is 7.03. The third-order valence-corrected chi connectivity index (χ3v) is 4.53. The standard InChI is InChI=1S/C22H31NO3/c1-5-6-7-8-12-18-15-20(24)19(21(23-26)22(18)25)14-13-17(4)11-9-10-16(2)3/h10,13,15H,5-9,11-12,14H2,1-4H3/b17-13+. The zero-order valence-electron chi connectivity index (χ0n) is 16.6. The number of carbonyl (C=O) groups is 2. The van der Waals surface area contributed by atoms with E-state index >= 15 is 0 Å². The molecule has 142 valence electrons. The van der Waals surface area contributed by atoms with Crippen LogP contribution in [0.5, 0.6) is 0 Å². The van der Waals surface area contributed by atoms with Crippen molar-refractivity contribution in [3.63, 3.8) is 0 Å². The number of Topliss-reactive ketones (excluding diaryl/α,β-unsaturated/α-hetero) is 1. The predicted molar refractivity (Wildman–Crippen MR) is 107 cm³/mol. The number of nitrogens with zero attached hydrogens (tertiary/aromatic N) is 1. The second-order valence-electron chi connectivity index (χ2n) is 7.17. The van der Waals surface area contributed by atoms with Crippen molar-refractivity contribution in [2.24, 2.45) is 5.18 Å². The minimum absolute atomic E-state index is 0.198. The van der Waals surface area contributed by atoms with E-state index in [9.17, 15) is 14.5 Å². The van der Waals surface area contributed by atoms with Crippen molar-refractivity contribution in [3.05, 3.63) is 51.1 Å². The van der Waals surface area contributed by atoms with Crippen molar-refractivity contribution in [3.8, 4) is 0 Å². The number of nitroso groups, excluding NO2 is 1. The summed E-state index contributed by atoms with van der Waals surface area (Å²) >= 11 is 0. The van der Waals surface area contributed by atoms with Gasteiger partial charge in [-0.15, -0.1) is 4.91 Å². The van der Waals surface area contributed by atoms with Gasteiger partial charge in [0.15, 0.2) is 11.5 Å². The third-order valence-electron chi connectivity index (χ3n) is 4.53. The molecule has 0 spiro atoms. The molecule has 0 atom stereocenters. The molecule has 0 radical (unpaired) electrons. The summed E-state index contributed by atoms with van der Waals surface area (Å²) in [5.74, 6) is -0.625. The number of rotatable bonds is 11. The smallest absolute Gasteiger partial charge is 0.211 e. The van der Waals surface area contributed by atoms with Crippen molar-refractivity contribution in [1.29, 1.82) is 0 Å². The Balaban J connectivity index is 2.78. The van der Waals surface area contributed by atoms with Crippen LogP contribution in [0.15, 0.2) is 51.4 Å². The normalized spacial score (nSPS) is 15.2. The summed E-state index contributed by atoms with van der Waals surface area (Å²) < 4.78 is 0. The lowest BCUT2D eigenvalue weighted by Gasteiger charge is -2.14. The second kappa shape index (κ2) is 11.5. The highest BCUT2D eigenvalue weighted by Crippen LogP contribution is 2.26.